The molecule has 2 aromatic rings. The topological polar surface area (TPSA) is 46.6 Å². The predicted molar refractivity (Wildman–Crippen MR) is 105 cm³/mol. The van der Waals surface area contributed by atoms with Gasteiger partial charge in [-0.05, 0) is 30.0 Å². The van der Waals surface area contributed by atoms with Crippen LogP contribution in [0.1, 0.15) is 11.1 Å². The second-order valence-corrected chi connectivity index (χ2v) is 6.90. The van der Waals surface area contributed by atoms with Gasteiger partial charge in [0.15, 0.2) is 0 Å². The fourth-order valence-electron chi connectivity index (χ4n) is 2.43. The zero-order valence-electron chi connectivity index (χ0n) is 13.9. The van der Waals surface area contributed by atoms with Crippen LogP contribution in [0.3, 0.4) is 0 Å². The van der Waals surface area contributed by atoms with Gasteiger partial charge in [-0.15, -0.1) is 6.58 Å². The van der Waals surface area contributed by atoms with Crippen molar-refractivity contribution in [1.29, 1.82) is 0 Å². The lowest BCUT2D eigenvalue weighted by Crippen LogP contribution is -2.27. The second-order valence-electron chi connectivity index (χ2n) is 5.50. The molecule has 0 N–H and O–H groups in total. The van der Waals surface area contributed by atoms with E-state index < -0.39 is 0 Å². The van der Waals surface area contributed by atoms with Crippen LogP contribution >= 0.6 is 23.4 Å². The van der Waals surface area contributed by atoms with E-state index in [4.69, 9.17) is 16.3 Å². The Labute approximate surface area is 161 Å². The Balaban J connectivity index is 1.81. The highest BCUT2D eigenvalue weighted by Crippen LogP contribution is 2.34. The van der Waals surface area contributed by atoms with Gasteiger partial charge in [0.25, 0.3) is 11.1 Å². The number of rotatable bonds is 6. The Morgan fingerprint density at radius 3 is 2.62 bits per heavy atom. The van der Waals surface area contributed by atoms with E-state index in [-0.39, 0.29) is 17.7 Å². The number of carbonyl (C=O) groups is 2. The van der Waals surface area contributed by atoms with Gasteiger partial charge in [-0.3, -0.25) is 14.5 Å². The second kappa shape index (κ2) is 8.25. The minimum absolute atomic E-state index is 0.201. The van der Waals surface area contributed by atoms with E-state index in [0.29, 0.717) is 22.3 Å². The molecule has 6 heteroatoms. The van der Waals surface area contributed by atoms with Crippen molar-refractivity contribution in [3.05, 3.63) is 82.2 Å². The lowest BCUT2D eigenvalue weighted by molar-refractivity contribution is -0.122. The molecule has 0 aromatic heterocycles. The molecule has 0 radical (unpaired) electrons. The number of ether oxygens (including phenoxy) is 1. The Morgan fingerprint density at radius 1 is 1.12 bits per heavy atom. The molecular weight excluding hydrogens is 370 g/mol. The molecular formula is C20H16ClNO3S. The minimum Gasteiger partial charge on any atom is -0.488 e. The third-order valence-corrected chi connectivity index (χ3v) is 5.01. The highest BCUT2D eigenvalue weighted by Gasteiger charge is 2.34. The van der Waals surface area contributed by atoms with Gasteiger partial charge >= 0.3 is 0 Å². The number of benzene rings is 2. The van der Waals surface area contributed by atoms with Crippen molar-refractivity contribution in [1.82, 2.24) is 4.90 Å². The first-order valence-electron chi connectivity index (χ1n) is 7.91. The highest BCUT2D eigenvalue weighted by atomic mass is 35.5. The Bertz CT molecular complexity index is 894. The fourth-order valence-corrected chi connectivity index (χ4v) is 3.46. The molecule has 1 aliphatic heterocycles. The van der Waals surface area contributed by atoms with Crippen molar-refractivity contribution in [3.8, 4) is 5.75 Å². The van der Waals surface area contributed by atoms with Crippen molar-refractivity contribution in [2.75, 3.05) is 6.54 Å². The molecule has 2 aromatic carbocycles. The number of halogens is 1. The van der Waals surface area contributed by atoms with Crippen molar-refractivity contribution in [2.45, 2.75) is 6.61 Å². The van der Waals surface area contributed by atoms with Crippen LogP contribution in [0.5, 0.6) is 5.75 Å². The Hall–Kier alpha value is -2.50. The largest absolute Gasteiger partial charge is 0.488 e. The van der Waals surface area contributed by atoms with Crippen LogP contribution in [0.25, 0.3) is 6.08 Å². The molecule has 3 rings (SSSR count). The van der Waals surface area contributed by atoms with Gasteiger partial charge in [-0.2, -0.15) is 0 Å². The molecule has 0 bridgehead atoms. The van der Waals surface area contributed by atoms with Crippen LogP contribution in [0.4, 0.5) is 4.79 Å². The summed E-state index contributed by atoms with van der Waals surface area (Å²) in [7, 11) is 0. The predicted octanol–water partition coefficient (Wildman–Crippen LogP) is 5.14. The van der Waals surface area contributed by atoms with E-state index in [1.165, 1.54) is 6.08 Å². The first-order chi connectivity index (χ1) is 12.6. The molecule has 0 unspecified atom stereocenters. The van der Waals surface area contributed by atoms with E-state index in [1.807, 2.05) is 48.5 Å². The average molecular weight is 386 g/mol. The van der Waals surface area contributed by atoms with Gasteiger partial charge in [0.2, 0.25) is 0 Å². The summed E-state index contributed by atoms with van der Waals surface area (Å²) in [6, 6.07) is 14.8. The van der Waals surface area contributed by atoms with Crippen LogP contribution in [0.2, 0.25) is 5.02 Å². The van der Waals surface area contributed by atoms with Gasteiger partial charge in [0.1, 0.15) is 12.4 Å². The number of hydrogen-bond donors (Lipinski definition) is 0. The van der Waals surface area contributed by atoms with E-state index in [1.54, 1.807) is 6.08 Å². The zero-order chi connectivity index (χ0) is 18.5. The Morgan fingerprint density at radius 2 is 1.85 bits per heavy atom. The van der Waals surface area contributed by atoms with Gasteiger partial charge in [0, 0.05) is 22.7 Å². The molecule has 1 fully saturated rings. The molecule has 0 atom stereocenters. The van der Waals surface area contributed by atoms with Gasteiger partial charge in [-0.25, -0.2) is 0 Å². The molecule has 0 aliphatic carbocycles. The molecule has 1 saturated heterocycles. The number of nitrogens with zero attached hydrogens (tertiary/aromatic N) is 1. The third kappa shape index (κ3) is 4.00. The number of amides is 2. The SMILES string of the molecule is C=CCN1C(=O)S/C(=C/c2ccccc2OCc2ccccc2Cl)C1=O. The summed E-state index contributed by atoms with van der Waals surface area (Å²) in [5, 5.41) is 0.339. The standard InChI is InChI=1S/C20H16ClNO3S/c1-2-11-22-19(23)18(26-20(22)24)12-14-7-4-6-10-17(14)25-13-15-8-3-5-9-16(15)21/h2-10,12H,1,11,13H2/b18-12+. The van der Waals surface area contributed by atoms with E-state index in [9.17, 15) is 9.59 Å². The Kier molecular flexibility index (Phi) is 5.81. The summed E-state index contributed by atoms with van der Waals surface area (Å²) in [4.78, 5) is 25.8. The summed E-state index contributed by atoms with van der Waals surface area (Å²) in [5.41, 5.74) is 1.60. The molecule has 1 aliphatic rings. The van der Waals surface area contributed by atoms with Crippen LogP contribution in [0, 0.1) is 0 Å². The summed E-state index contributed by atoms with van der Waals surface area (Å²) in [5.74, 6) is 0.295. The fraction of sp³-hybridized carbons (Fsp3) is 0.100. The zero-order valence-corrected chi connectivity index (χ0v) is 15.4. The first kappa shape index (κ1) is 18.3. The smallest absolute Gasteiger partial charge is 0.293 e. The lowest BCUT2D eigenvalue weighted by atomic mass is 10.1. The van der Waals surface area contributed by atoms with Crippen LogP contribution in [0.15, 0.2) is 66.1 Å². The third-order valence-electron chi connectivity index (χ3n) is 3.73. The van der Waals surface area contributed by atoms with Gasteiger partial charge in [-0.1, -0.05) is 54.1 Å². The number of thioether (sulfide) groups is 1. The van der Waals surface area contributed by atoms with E-state index >= 15 is 0 Å². The minimum atomic E-state index is -0.319. The molecule has 4 nitrogen and oxygen atoms in total. The molecule has 26 heavy (non-hydrogen) atoms. The number of hydrogen-bond acceptors (Lipinski definition) is 4. The maximum absolute atomic E-state index is 12.4. The van der Waals surface area contributed by atoms with Crippen molar-refractivity contribution in [3.63, 3.8) is 0 Å². The maximum Gasteiger partial charge on any atom is 0.293 e. The van der Waals surface area contributed by atoms with Crippen LogP contribution in [-0.2, 0) is 11.4 Å². The highest BCUT2D eigenvalue weighted by molar-refractivity contribution is 8.18. The molecule has 0 saturated carbocycles. The van der Waals surface area contributed by atoms with Gasteiger partial charge in [0.05, 0.1) is 4.91 Å². The normalized spacial score (nSPS) is 15.6. The van der Waals surface area contributed by atoms with E-state index in [0.717, 1.165) is 27.8 Å². The number of imide groups is 1. The lowest BCUT2D eigenvalue weighted by Gasteiger charge is -2.11. The summed E-state index contributed by atoms with van der Waals surface area (Å²) < 4.78 is 5.89. The summed E-state index contributed by atoms with van der Waals surface area (Å²) >= 11 is 7.07. The van der Waals surface area contributed by atoms with E-state index in [2.05, 4.69) is 6.58 Å². The first-order valence-corrected chi connectivity index (χ1v) is 9.11. The quantitative estimate of drug-likeness (QED) is 0.510. The molecule has 0 spiro atoms. The number of carbonyl (C=O) groups excluding carboxylic acids is 2. The van der Waals surface area contributed by atoms with Crippen LogP contribution in [-0.4, -0.2) is 22.6 Å². The molecule has 132 valence electrons. The number of para-hydroxylation sites is 1. The van der Waals surface area contributed by atoms with Crippen molar-refractivity contribution >= 4 is 40.6 Å². The average Bonchev–Trinajstić information content (AvgIpc) is 2.90. The summed E-state index contributed by atoms with van der Waals surface area (Å²) in [6.07, 6.45) is 3.20. The van der Waals surface area contributed by atoms with Crippen LogP contribution < -0.4 is 4.74 Å². The van der Waals surface area contributed by atoms with Crippen molar-refractivity contribution < 1.29 is 14.3 Å². The molecule has 1 heterocycles. The monoisotopic (exact) mass is 385 g/mol. The molecule has 2 amide bonds. The van der Waals surface area contributed by atoms with Gasteiger partial charge < -0.3 is 4.74 Å². The van der Waals surface area contributed by atoms with Crippen molar-refractivity contribution in [2.24, 2.45) is 0 Å². The summed E-state index contributed by atoms with van der Waals surface area (Å²) in [6.45, 7) is 4.08. The maximum atomic E-state index is 12.4.